The van der Waals surface area contributed by atoms with Gasteiger partial charge in [-0.25, -0.2) is 4.39 Å². The van der Waals surface area contributed by atoms with Crippen LogP contribution in [0.4, 0.5) is 21.5 Å². The molecule has 3 nitrogen and oxygen atoms in total. The molecule has 2 rings (SSSR count). The Bertz CT molecular complexity index is 575. The molecule has 0 fully saturated rings. The summed E-state index contributed by atoms with van der Waals surface area (Å²) in [4.78, 5) is 0. The quantitative estimate of drug-likeness (QED) is 0.831. The van der Waals surface area contributed by atoms with Crippen molar-refractivity contribution < 1.29 is 9.13 Å². The maximum absolute atomic E-state index is 13.3. The van der Waals surface area contributed by atoms with Crippen LogP contribution in [0.2, 0.25) is 5.02 Å². The Morgan fingerprint density at radius 3 is 2.72 bits per heavy atom. The van der Waals surface area contributed by atoms with E-state index in [9.17, 15) is 4.39 Å². The normalized spacial score (nSPS) is 10.2. The van der Waals surface area contributed by atoms with E-state index in [4.69, 9.17) is 22.1 Å². The maximum atomic E-state index is 13.3. The minimum atomic E-state index is -0.473. The molecule has 0 spiro atoms. The lowest BCUT2D eigenvalue weighted by Gasteiger charge is -2.12. The van der Waals surface area contributed by atoms with Crippen molar-refractivity contribution in [2.75, 3.05) is 18.2 Å². The van der Waals surface area contributed by atoms with E-state index < -0.39 is 5.82 Å². The second kappa shape index (κ2) is 5.14. The van der Waals surface area contributed by atoms with E-state index in [1.807, 2.05) is 0 Å². The number of benzene rings is 2. The van der Waals surface area contributed by atoms with Crippen molar-refractivity contribution in [2.45, 2.75) is 0 Å². The van der Waals surface area contributed by atoms with Gasteiger partial charge in [0, 0.05) is 6.07 Å². The lowest BCUT2D eigenvalue weighted by atomic mass is 10.2. The van der Waals surface area contributed by atoms with Crippen LogP contribution >= 0.6 is 11.6 Å². The standard InChI is InChI=1S/C13H12ClFN2O/c1-18-8-5-6-9(14)12(7-8)17-11-4-2-3-10(15)13(11)16/h2-7,17H,16H2,1H3. The van der Waals surface area contributed by atoms with Crippen molar-refractivity contribution in [3.8, 4) is 5.75 Å². The van der Waals surface area contributed by atoms with E-state index in [0.717, 1.165) is 0 Å². The summed E-state index contributed by atoms with van der Waals surface area (Å²) in [5, 5.41) is 3.48. The van der Waals surface area contributed by atoms with Crippen molar-refractivity contribution in [1.29, 1.82) is 0 Å². The van der Waals surface area contributed by atoms with E-state index in [2.05, 4.69) is 5.32 Å². The molecule has 5 heteroatoms. The Hall–Kier alpha value is -1.94. The summed E-state index contributed by atoms with van der Waals surface area (Å²) in [5.74, 6) is 0.177. The summed E-state index contributed by atoms with van der Waals surface area (Å²) in [6.45, 7) is 0. The average molecular weight is 267 g/mol. The molecule has 94 valence electrons. The van der Waals surface area contributed by atoms with Gasteiger partial charge in [-0.05, 0) is 24.3 Å². The monoisotopic (exact) mass is 266 g/mol. The number of anilines is 3. The third-order valence-corrected chi connectivity index (χ3v) is 2.83. The minimum Gasteiger partial charge on any atom is -0.497 e. The van der Waals surface area contributed by atoms with Gasteiger partial charge < -0.3 is 15.8 Å². The molecule has 18 heavy (non-hydrogen) atoms. The van der Waals surface area contributed by atoms with Gasteiger partial charge in [0.25, 0.3) is 0 Å². The molecule has 0 atom stereocenters. The Balaban J connectivity index is 2.36. The van der Waals surface area contributed by atoms with Crippen LogP contribution in [0.15, 0.2) is 36.4 Å². The molecule has 0 bridgehead atoms. The number of ether oxygens (including phenoxy) is 1. The number of methoxy groups -OCH3 is 1. The first-order chi connectivity index (χ1) is 8.61. The van der Waals surface area contributed by atoms with Gasteiger partial charge in [-0.15, -0.1) is 0 Å². The fraction of sp³-hybridized carbons (Fsp3) is 0.0769. The van der Waals surface area contributed by atoms with Crippen LogP contribution < -0.4 is 15.8 Å². The molecule has 0 amide bonds. The van der Waals surface area contributed by atoms with Crippen molar-refractivity contribution in [3.05, 3.63) is 47.2 Å². The molecule has 0 aliphatic heterocycles. The van der Waals surface area contributed by atoms with Gasteiger partial charge >= 0.3 is 0 Å². The number of nitrogen functional groups attached to an aromatic ring is 1. The van der Waals surface area contributed by atoms with Crippen molar-refractivity contribution in [3.63, 3.8) is 0 Å². The zero-order valence-electron chi connectivity index (χ0n) is 9.71. The molecule has 0 unspecified atom stereocenters. The van der Waals surface area contributed by atoms with Gasteiger partial charge in [0.05, 0.1) is 29.2 Å². The fourth-order valence-corrected chi connectivity index (χ4v) is 1.68. The molecule has 0 radical (unpaired) electrons. The summed E-state index contributed by atoms with van der Waals surface area (Å²) in [5.41, 5.74) is 6.76. The highest BCUT2D eigenvalue weighted by molar-refractivity contribution is 6.33. The van der Waals surface area contributed by atoms with Gasteiger partial charge in [-0.3, -0.25) is 0 Å². The van der Waals surface area contributed by atoms with Crippen molar-refractivity contribution in [1.82, 2.24) is 0 Å². The SMILES string of the molecule is COc1ccc(Cl)c(Nc2cccc(F)c2N)c1. The van der Waals surface area contributed by atoms with Crippen molar-refractivity contribution >= 4 is 28.7 Å². The highest BCUT2D eigenvalue weighted by Crippen LogP contribution is 2.32. The molecule has 2 aromatic carbocycles. The molecular formula is C13H12ClFN2O. The van der Waals surface area contributed by atoms with Crippen LogP contribution in [0.25, 0.3) is 0 Å². The number of nitrogens with one attached hydrogen (secondary N) is 1. The number of halogens is 2. The highest BCUT2D eigenvalue weighted by Gasteiger charge is 2.07. The van der Waals surface area contributed by atoms with Gasteiger partial charge in [-0.1, -0.05) is 17.7 Å². The number of para-hydroxylation sites is 1. The van der Waals surface area contributed by atoms with Gasteiger partial charge in [0.2, 0.25) is 0 Å². The number of hydrogen-bond acceptors (Lipinski definition) is 3. The minimum absolute atomic E-state index is 0.0522. The van der Waals surface area contributed by atoms with E-state index in [-0.39, 0.29) is 5.69 Å². The van der Waals surface area contributed by atoms with Crippen LogP contribution in [-0.2, 0) is 0 Å². The Kier molecular flexibility index (Phi) is 3.58. The molecule has 0 aliphatic rings. The average Bonchev–Trinajstić information content (AvgIpc) is 2.37. The Morgan fingerprint density at radius 1 is 1.22 bits per heavy atom. The molecule has 0 heterocycles. The van der Waals surface area contributed by atoms with Crippen LogP contribution in [-0.4, -0.2) is 7.11 Å². The third kappa shape index (κ3) is 2.49. The third-order valence-electron chi connectivity index (χ3n) is 2.50. The second-order valence-corrected chi connectivity index (χ2v) is 4.08. The van der Waals surface area contributed by atoms with Gasteiger partial charge in [0.1, 0.15) is 11.6 Å². The van der Waals surface area contributed by atoms with E-state index in [0.29, 0.717) is 22.1 Å². The molecule has 0 aromatic heterocycles. The zero-order chi connectivity index (χ0) is 13.1. The van der Waals surface area contributed by atoms with Crippen LogP contribution in [0.1, 0.15) is 0 Å². The van der Waals surface area contributed by atoms with Gasteiger partial charge in [-0.2, -0.15) is 0 Å². The molecule has 2 aromatic rings. The number of nitrogens with two attached hydrogens (primary N) is 1. The summed E-state index contributed by atoms with van der Waals surface area (Å²) in [7, 11) is 1.56. The van der Waals surface area contributed by atoms with Crippen LogP contribution in [0.3, 0.4) is 0 Å². The first-order valence-electron chi connectivity index (χ1n) is 5.26. The fourth-order valence-electron chi connectivity index (χ4n) is 1.52. The number of hydrogen-bond donors (Lipinski definition) is 2. The second-order valence-electron chi connectivity index (χ2n) is 3.67. The van der Waals surface area contributed by atoms with E-state index >= 15 is 0 Å². The zero-order valence-corrected chi connectivity index (χ0v) is 10.5. The molecule has 0 saturated heterocycles. The summed E-state index contributed by atoms with van der Waals surface area (Å²) >= 11 is 6.04. The molecule has 3 N–H and O–H groups in total. The molecule has 0 aliphatic carbocycles. The maximum Gasteiger partial charge on any atom is 0.148 e. The molecular weight excluding hydrogens is 255 g/mol. The van der Waals surface area contributed by atoms with Crippen LogP contribution in [0, 0.1) is 5.82 Å². The lowest BCUT2D eigenvalue weighted by molar-refractivity contribution is 0.415. The first-order valence-corrected chi connectivity index (χ1v) is 5.64. The smallest absolute Gasteiger partial charge is 0.148 e. The van der Waals surface area contributed by atoms with Crippen molar-refractivity contribution in [2.24, 2.45) is 0 Å². The topological polar surface area (TPSA) is 47.3 Å². The Morgan fingerprint density at radius 2 is 2.00 bits per heavy atom. The summed E-state index contributed by atoms with van der Waals surface area (Å²) < 4.78 is 18.4. The lowest BCUT2D eigenvalue weighted by Crippen LogP contribution is -1.99. The number of rotatable bonds is 3. The predicted molar refractivity (Wildman–Crippen MR) is 72.1 cm³/mol. The van der Waals surface area contributed by atoms with E-state index in [1.54, 1.807) is 37.4 Å². The Labute approximate surface area is 109 Å². The highest BCUT2D eigenvalue weighted by atomic mass is 35.5. The van der Waals surface area contributed by atoms with Crippen LogP contribution in [0.5, 0.6) is 5.75 Å². The largest absolute Gasteiger partial charge is 0.497 e. The van der Waals surface area contributed by atoms with Gasteiger partial charge in [0.15, 0.2) is 0 Å². The summed E-state index contributed by atoms with van der Waals surface area (Å²) in [6.07, 6.45) is 0. The summed E-state index contributed by atoms with van der Waals surface area (Å²) in [6, 6.07) is 9.69. The van der Waals surface area contributed by atoms with E-state index in [1.165, 1.54) is 6.07 Å². The first kappa shape index (κ1) is 12.5. The predicted octanol–water partition coefficient (Wildman–Crippen LogP) is 3.81. The molecule has 0 saturated carbocycles.